The molecule has 0 radical (unpaired) electrons. The molecule has 0 atom stereocenters. The van der Waals surface area contributed by atoms with Crippen LogP contribution in [0.2, 0.25) is 0 Å². The SMILES string of the molecule is N#CN1C=CN2C1=CC=C1OCC=CC=CN=C12. The predicted molar refractivity (Wildman–Crippen MR) is 66.3 cm³/mol. The number of amidine groups is 1. The molecule has 0 unspecified atom stereocenters. The first kappa shape index (κ1) is 10.4. The lowest BCUT2D eigenvalue weighted by molar-refractivity contribution is 0.262. The zero-order valence-corrected chi connectivity index (χ0v) is 9.52. The Morgan fingerprint density at radius 1 is 1.28 bits per heavy atom. The van der Waals surface area contributed by atoms with Crippen molar-refractivity contribution in [3.8, 4) is 6.19 Å². The maximum atomic E-state index is 8.99. The van der Waals surface area contributed by atoms with Crippen LogP contribution in [0.25, 0.3) is 0 Å². The lowest BCUT2D eigenvalue weighted by atomic mass is 10.2. The zero-order valence-electron chi connectivity index (χ0n) is 9.52. The van der Waals surface area contributed by atoms with Crippen LogP contribution in [0.5, 0.6) is 0 Å². The van der Waals surface area contributed by atoms with Gasteiger partial charge in [-0.15, -0.1) is 0 Å². The quantitative estimate of drug-likeness (QED) is 0.604. The summed E-state index contributed by atoms with van der Waals surface area (Å²) in [5.74, 6) is 2.13. The summed E-state index contributed by atoms with van der Waals surface area (Å²) in [4.78, 5) is 7.67. The molecule has 0 aromatic carbocycles. The van der Waals surface area contributed by atoms with E-state index in [2.05, 4.69) is 11.2 Å². The molecule has 88 valence electrons. The van der Waals surface area contributed by atoms with Crippen LogP contribution in [-0.2, 0) is 4.74 Å². The number of hydrogen-bond acceptors (Lipinski definition) is 5. The van der Waals surface area contributed by atoms with Crippen molar-refractivity contribution in [1.29, 1.82) is 5.26 Å². The minimum atomic E-state index is 0.498. The lowest BCUT2D eigenvalue weighted by Gasteiger charge is -2.25. The fourth-order valence-corrected chi connectivity index (χ4v) is 1.84. The molecule has 3 aliphatic heterocycles. The number of nitrogens with zero attached hydrogens (tertiary/aromatic N) is 4. The first-order valence-corrected chi connectivity index (χ1v) is 5.51. The Kier molecular flexibility index (Phi) is 2.47. The molecular weight excluding hydrogens is 228 g/mol. The van der Waals surface area contributed by atoms with Gasteiger partial charge in [0, 0.05) is 18.6 Å². The van der Waals surface area contributed by atoms with E-state index in [1.54, 1.807) is 18.6 Å². The molecule has 5 heteroatoms. The lowest BCUT2D eigenvalue weighted by Crippen LogP contribution is -2.31. The predicted octanol–water partition coefficient (Wildman–Crippen LogP) is 1.79. The van der Waals surface area contributed by atoms with E-state index in [-0.39, 0.29) is 0 Å². The Balaban J connectivity index is 2.03. The van der Waals surface area contributed by atoms with Gasteiger partial charge >= 0.3 is 0 Å². The first-order valence-electron chi connectivity index (χ1n) is 5.51. The van der Waals surface area contributed by atoms with Crippen LogP contribution in [0.1, 0.15) is 0 Å². The van der Waals surface area contributed by atoms with Crippen molar-refractivity contribution < 1.29 is 4.74 Å². The summed E-state index contributed by atoms with van der Waals surface area (Å²) in [6.07, 6.45) is 16.6. The van der Waals surface area contributed by atoms with E-state index in [1.165, 1.54) is 4.90 Å². The van der Waals surface area contributed by atoms with Crippen LogP contribution in [0.4, 0.5) is 0 Å². The van der Waals surface area contributed by atoms with Crippen LogP contribution in [0.15, 0.2) is 65.6 Å². The molecule has 0 fully saturated rings. The van der Waals surface area contributed by atoms with Gasteiger partial charge in [-0.25, -0.2) is 9.89 Å². The molecule has 3 aliphatic rings. The average Bonchev–Trinajstić information content (AvgIpc) is 2.85. The topological polar surface area (TPSA) is 51.9 Å². The molecule has 0 bridgehead atoms. The van der Waals surface area contributed by atoms with Crippen molar-refractivity contribution in [3.05, 3.63) is 60.6 Å². The van der Waals surface area contributed by atoms with E-state index < -0.39 is 0 Å². The van der Waals surface area contributed by atoms with Gasteiger partial charge in [-0.3, -0.25) is 4.90 Å². The first-order chi connectivity index (χ1) is 8.90. The van der Waals surface area contributed by atoms with E-state index in [0.29, 0.717) is 18.2 Å². The number of fused-ring (bicyclic) bond motifs is 3. The van der Waals surface area contributed by atoms with Gasteiger partial charge in [0.15, 0.2) is 17.8 Å². The normalized spacial score (nSPS) is 20.5. The van der Waals surface area contributed by atoms with Gasteiger partial charge in [-0.2, -0.15) is 5.26 Å². The molecule has 3 rings (SSSR count). The molecular formula is C13H10N4O. The minimum Gasteiger partial charge on any atom is -0.486 e. The summed E-state index contributed by atoms with van der Waals surface area (Å²) in [7, 11) is 0. The summed E-state index contributed by atoms with van der Waals surface area (Å²) in [6.45, 7) is 0.498. The highest BCUT2D eigenvalue weighted by molar-refractivity contribution is 6.00. The van der Waals surface area contributed by atoms with Crippen molar-refractivity contribution in [2.75, 3.05) is 6.61 Å². The number of aliphatic imine (C=N–C) groups is 1. The fourth-order valence-electron chi connectivity index (χ4n) is 1.84. The molecule has 0 aromatic rings. The van der Waals surface area contributed by atoms with Gasteiger partial charge in [0.1, 0.15) is 12.4 Å². The second kappa shape index (κ2) is 4.26. The van der Waals surface area contributed by atoms with E-state index in [1.807, 2.05) is 35.3 Å². The highest BCUT2D eigenvalue weighted by Crippen LogP contribution is 2.26. The molecule has 18 heavy (non-hydrogen) atoms. The van der Waals surface area contributed by atoms with Gasteiger partial charge in [0.25, 0.3) is 0 Å². The highest BCUT2D eigenvalue weighted by atomic mass is 16.5. The summed E-state index contributed by atoms with van der Waals surface area (Å²) < 4.78 is 5.63. The maximum Gasteiger partial charge on any atom is 0.190 e. The van der Waals surface area contributed by atoms with Crippen LogP contribution in [-0.4, -0.2) is 22.2 Å². The Bertz CT molecular complexity index is 587. The monoisotopic (exact) mass is 238 g/mol. The Morgan fingerprint density at radius 3 is 3.11 bits per heavy atom. The summed E-state index contributed by atoms with van der Waals surface area (Å²) in [5, 5.41) is 8.99. The molecule has 0 spiro atoms. The van der Waals surface area contributed by atoms with E-state index in [9.17, 15) is 0 Å². The van der Waals surface area contributed by atoms with Gasteiger partial charge in [0.05, 0.1) is 0 Å². The van der Waals surface area contributed by atoms with Crippen molar-refractivity contribution in [2.45, 2.75) is 0 Å². The van der Waals surface area contributed by atoms with Crippen molar-refractivity contribution in [3.63, 3.8) is 0 Å². The third-order valence-electron chi connectivity index (χ3n) is 2.66. The van der Waals surface area contributed by atoms with E-state index in [4.69, 9.17) is 10.00 Å². The molecule has 0 amide bonds. The van der Waals surface area contributed by atoms with Crippen LogP contribution >= 0.6 is 0 Å². The molecule has 0 saturated heterocycles. The Morgan fingerprint density at radius 2 is 2.22 bits per heavy atom. The van der Waals surface area contributed by atoms with Crippen LogP contribution in [0.3, 0.4) is 0 Å². The number of rotatable bonds is 0. The minimum absolute atomic E-state index is 0.498. The molecule has 0 aromatic heterocycles. The van der Waals surface area contributed by atoms with Crippen molar-refractivity contribution in [2.24, 2.45) is 4.99 Å². The summed E-state index contributed by atoms with van der Waals surface area (Å²) >= 11 is 0. The smallest absolute Gasteiger partial charge is 0.190 e. The van der Waals surface area contributed by atoms with E-state index in [0.717, 1.165) is 5.82 Å². The van der Waals surface area contributed by atoms with Gasteiger partial charge in [-0.1, -0.05) is 6.08 Å². The summed E-state index contributed by atoms with van der Waals surface area (Å²) in [5.41, 5.74) is 0. The molecule has 0 N–H and O–H groups in total. The van der Waals surface area contributed by atoms with Gasteiger partial charge in [-0.05, 0) is 24.3 Å². The second-order valence-electron chi connectivity index (χ2n) is 3.73. The van der Waals surface area contributed by atoms with Gasteiger partial charge < -0.3 is 4.74 Å². The molecule has 0 saturated carbocycles. The number of allylic oxidation sites excluding steroid dienone is 4. The number of nitriles is 1. The maximum absolute atomic E-state index is 8.99. The largest absolute Gasteiger partial charge is 0.486 e. The zero-order chi connectivity index (χ0) is 12.4. The number of hydrogen-bond donors (Lipinski definition) is 0. The van der Waals surface area contributed by atoms with Crippen LogP contribution < -0.4 is 0 Å². The number of ether oxygens (including phenoxy) is 1. The van der Waals surface area contributed by atoms with Crippen molar-refractivity contribution >= 4 is 5.84 Å². The van der Waals surface area contributed by atoms with Crippen molar-refractivity contribution in [1.82, 2.24) is 9.80 Å². The highest BCUT2D eigenvalue weighted by Gasteiger charge is 2.29. The fraction of sp³-hybridized carbons (Fsp3) is 0.0769. The summed E-state index contributed by atoms with van der Waals surface area (Å²) in [6, 6.07) is 0. The molecule has 3 heterocycles. The van der Waals surface area contributed by atoms with Crippen LogP contribution in [0, 0.1) is 11.5 Å². The average molecular weight is 238 g/mol. The van der Waals surface area contributed by atoms with Gasteiger partial charge in [0.2, 0.25) is 0 Å². The Hall–Kier alpha value is -2.74. The Labute approximate surface area is 105 Å². The molecule has 5 nitrogen and oxygen atoms in total. The third kappa shape index (κ3) is 1.60. The molecule has 0 aliphatic carbocycles. The standard InChI is InChI=1S/C13H10N4O/c14-10-16-7-8-17-12(16)5-4-11-13(17)15-6-2-1-3-9-18-11/h1-8H,9H2. The second-order valence-corrected chi connectivity index (χ2v) is 3.73. The van der Waals surface area contributed by atoms with E-state index >= 15 is 0 Å². The third-order valence-corrected chi connectivity index (χ3v) is 2.66.